The highest BCUT2D eigenvalue weighted by atomic mass is 19.1. The highest BCUT2D eigenvalue weighted by Gasteiger charge is 2.15. The number of aromatic nitrogens is 2. The molecule has 3 aromatic rings. The van der Waals surface area contributed by atoms with Crippen LogP contribution in [0.2, 0.25) is 0 Å². The summed E-state index contributed by atoms with van der Waals surface area (Å²) in [6.07, 6.45) is 0. The number of halogens is 1. The van der Waals surface area contributed by atoms with Crippen LogP contribution in [-0.4, -0.2) is 15.7 Å². The average molecular weight is 309 g/mol. The molecule has 1 heterocycles. The maximum absolute atomic E-state index is 13.8. The van der Waals surface area contributed by atoms with Crippen LogP contribution < -0.4 is 5.32 Å². The first-order chi connectivity index (χ1) is 11.1. The SMILES string of the molecule is Cn1nc(-c2ccccc2F)cc1C(=O)NCc1ccccc1. The number of nitrogens with zero attached hydrogens (tertiary/aromatic N) is 2. The van der Waals surface area contributed by atoms with Gasteiger partial charge in [0, 0.05) is 19.2 Å². The second-order valence-electron chi connectivity index (χ2n) is 5.19. The van der Waals surface area contributed by atoms with Crippen LogP contribution in [0.15, 0.2) is 60.7 Å². The Labute approximate surface area is 133 Å². The van der Waals surface area contributed by atoms with E-state index >= 15 is 0 Å². The molecule has 0 saturated heterocycles. The number of hydrogen-bond donors (Lipinski definition) is 1. The number of carbonyl (C=O) groups is 1. The first-order valence-corrected chi connectivity index (χ1v) is 7.26. The summed E-state index contributed by atoms with van der Waals surface area (Å²) in [6, 6.07) is 17.6. The second kappa shape index (κ2) is 6.44. The van der Waals surface area contributed by atoms with Crippen molar-refractivity contribution in [1.29, 1.82) is 0 Å². The molecule has 1 N–H and O–H groups in total. The van der Waals surface area contributed by atoms with Crippen molar-refractivity contribution in [2.24, 2.45) is 7.05 Å². The van der Waals surface area contributed by atoms with Crippen LogP contribution in [0.4, 0.5) is 4.39 Å². The van der Waals surface area contributed by atoms with Crippen molar-refractivity contribution in [1.82, 2.24) is 15.1 Å². The highest BCUT2D eigenvalue weighted by molar-refractivity contribution is 5.93. The van der Waals surface area contributed by atoms with Crippen molar-refractivity contribution in [2.45, 2.75) is 6.54 Å². The van der Waals surface area contributed by atoms with E-state index in [1.54, 1.807) is 31.3 Å². The van der Waals surface area contributed by atoms with Crippen molar-refractivity contribution >= 4 is 5.91 Å². The van der Waals surface area contributed by atoms with Crippen LogP contribution in [0.3, 0.4) is 0 Å². The lowest BCUT2D eigenvalue weighted by atomic mass is 10.1. The monoisotopic (exact) mass is 309 g/mol. The Hall–Kier alpha value is -2.95. The molecule has 0 atom stereocenters. The van der Waals surface area contributed by atoms with Gasteiger partial charge in [0.1, 0.15) is 11.5 Å². The zero-order valence-corrected chi connectivity index (χ0v) is 12.7. The van der Waals surface area contributed by atoms with Gasteiger partial charge in [0.15, 0.2) is 0 Å². The third-order valence-electron chi connectivity index (χ3n) is 3.56. The molecule has 0 unspecified atom stereocenters. The summed E-state index contributed by atoms with van der Waals surface area (Å²) in [5.41, 5.74) is 2.22. The Morgan fingerprint density at radius 1 is 1.13 bits per heavy atom. The molecule has 23 heavy (non-hydrogen) atoms. The van der Waals surface area contributed by atoms with E-state index < -0.39 is 0 Å². The highest BCUT2D eigenvalue weighted by Crippen LogP contribution is 2.21. The Morgan fingerprint density at radius 3 is 2.57 bits per heavy atom. The van der Waals surface area contributed by atoms with Crippen LogP contribution >= 0.6 is 0 Å². The van der Waals surface area contributed by atoms with Crippen molar-refractivity contribution < 1.29 is 9.18 Å². The summed E-state index contributed by atoms with van der Waals surface area (Å²) in [4.78, 5) is 12.3. The third kappa shape index (κ3) is 3.29. The molecule has 3 rings (SSSR count). The van der Waals surface area contributed by atoms with Crippen LogP contribution in [0.5, 0.6) is 0 Å². The van der Waals surface area contributed by atoms with E-state index in [2.05, 4.69) is 10.4 Å². The van der Waals surface area contributed by atoms with E-state index in [1.165, 1.54) is 10.7 Å². The number of aryl methyl sites for hydroxylation is 1. The first kappa shape index (κ1) is 15.0. The minimum atomic E-state index is -0.359. The number of benzene rings is 2. The molecule has 2 aromatic carbocycles. The molecular formula is C18H16FN3O. The lowest BCUT2D eigenvalue weighted by Gasteiger charge is -2.05. The van der Waals surface area contributed by atoms with E-state index in [9.17, 15) is 9.18 Å². The maximum Gasteiger partial charge on any atom is 0.269 e. The molecule has 0 saturated carbocycles. The van der Waals surface area contributed by atoms with Gasteiger partial charge in [0.05, 0.1) is 5.69 Å². The molecule has 0 bridgehead atoms. The van der Waals surface area contributed by atoms with Gasteiger partial charge < -0.3 is 5.32 Å². The van der Waals surface area contributed by atoms with E-state index in [4.69, 9.17) is 0 Å². The van der Waals surface area contributed by atoms with Gasteiger partial charge in [-0.3, -0.25) is 9.48 Å². The van der Waals surface area contributed by atoms with Gasteiger partial charge in [-0.2, -0.15) is 5.10 Å². The summed E-state index contributed by atoms with van der Waals surface area (Å²) in [5, 5.41) is 7.08. The summed E-state index contributed by atoms with van der Waals surface area (Å²) in [5.74, 6) is -0.603. The van der Waals surface area contributed by atoms with Crippen molar-refractivity contribution in [3.63, 3.8) is 0 Å². The maximum atomic E-state index is 13.8. The Morgan fingerprint density at radius 2 is 1.83 bits per heavy atom. The fraction of sp³-hybridized carbons (Fsp3) is 0.111. The minimum Gasteiger partial charge on any atom is -0.347 e. The largest absolute Gasteiger partial charge is 0.347 e. The average Bonchev–Trinajstić information content (AvgIpc) is 2.96. The van der Waals surface area contributed by atoms with Crippen molar-refractivity contribution in [3.05, 3.63) is 77.7 Å². The number of carbonyl (C=O) groups excluding carboxylic acids is 1. The van der Waals surface area contributed by atoms with Crippen LogP contribution in [0.1, 0.15) is 16.1 Å². The molecule has 1 amide bonds. The minimum absolute atomic E-state index is 0.244. The molecular weight excluding hydrogens is 293 g/mol. The molecule has 0 aliphatic carbocycles. The Balaban J connectivity index is 1.78. The summed E-state index contributed by atoms with van der Waals surface area (Å²) in [7, 11) is 1.67. The smallest absolute Gasteiger partial charge is 0.269 e. The zero-order valence-electron chi connectivity index (χ0n) is 12.7. The quantitative estimate of drug-likeness (QED) is 0.805. The molecule has 0 aliphatic rings. The number of rotatable bonds is 4. The predicted octanol–water partition coefficient (Wildman–Crippen LogP) is 3.16. The van der Waals surface area contributed by atoms with Gasteiger partial charge in [0.2, 0.25) is 0 Å². The molecule has 0 radical (unpaired) electrons. The van der Waals surface area contributed by atoms with Gasteiger partial charge in [-0.25, -0.2) is 4.39 Å². The van der Waals surface area contributed by atoms with Gasteiger partial charge in [-0.1, -0.05) is 42.5 Å². The van der Waals surface area contributed by atoms with E-state index in [-0.39, 0.29) is 11.7 Å². The normalized spacial score (nSPS) is 10.5. The lowest BCUT2D eigenvalue weighted by molar-refractivity contribution is 0.0941. The predicted molar refractivity (Wildman–Crippen MR) is 86.2 cm³/mol. The van der Waals surface area contributed by atoms with Gasteiger partial charge in [-0.15, -0.1) is 0 Å². The van der Waals surface area contributed by atoms with Gasteiger partial charge >= 0.3 is 0 Å². The standard InChI is InChI=1S/C18H16FN3O/c1-22-17(18(23)20-12-13-7-3-2-4-8-13)11-16(21-22)14-9-5-6-10-15(14)19/h2-11H,12H2,1H3,(H,20,23). The Bertz CT molecular complexity index is 827. The van der Waals surface area contributed by atoms with E-state index in [0.717, 1.165) is 5.56 Å². The molecule has 5 heteroatoms. The van der Waals surface area contributed by atoms with Crippen molar-refractivity contribution in [2.75, 3.05) is 0 Å². The number of hydrogen-bond acceptors (Lipinski definition) is 2. The second-order valence-corrected chi connectivity index (χ2v) is 5.19. The summed E-state index contributed by atoms with van der Waals surface area (Å²) < 4.78 is 15.3. The molecule has 0 fully saturated rings. The fourth-order valence-electron chi connectivity index (χ4n) is 2.35. The summed E-state index contributed by atoms with van der Waals surface area (Å²) >= 11 is 0. The molecule has 0 spiro atoms. The third-order valence-corrected chi connectivity index (χ3v) is 3.56. The molecule has 0 aliphatic heterocycles. The number of amides is 1. The zero-order chi connectivity index (χ0) is 16.2. The Kier molecular flexibility index (Phi) is 4.19. The first-order valence-electron chi connectivity index (χ1n) is 7.26. The van der Waals surface area contributed by atoms with Crippen LogP contribution in [0, 0.1) is 5.82 Å². The fourth-order valence-corrected chi connectivity index (χ4v) is 2.35. The van der Waals surface area contributed by atoms with E-state index in [0.29, 0.717) is 23.5 Å². The van der Waals surface area contributed by atoms with Gasteiger partial charge in [-0.05, 0) is 23.8 Å². The molecule has 4 nitrogen and oxygen atoms in total. The lowest BCUT2D eigenvalue weighted by Crippen LogP contribution is -2.25. The summed E-state index contributed by atoms with van der Waals surface area (Å²) in [6.45, 7) is 0.430. The van der Waals surface area contributed by atoms with E-state index in [1.807, 2.05) is 30.3 Å². The van der Waals surface area contributed by atoms with Crippen molar-refractivity contribution in [3.8, 4) is 11.3 Å². The number of nitrogens with one attached hydrogen (secondary N) is 1. The molecule has 1 aromatic heterocycles. The van der Waals surface area contributed by atoms with Crippen LogP contribution in [-0.2, 0) is 13.6 Å². The topological polar surface area (TPSA) is 46.9 Å². The molecule has 116 valence electrons. The van der Waals surface area contributed by atoms with Crippen LogP contribution in [0.25, 0.3) is 11.3 Å². The van der Waals surface area contributed by atoms with Gasteiger partial charge in [0.25, 0.3) is 5.91 Å².